The van der Waals surface area contributed by atoms with Crippen molar-refractivity contribution in [1.29, 1.82) is 5.26 Å². The van der Waals surface area contributed by atoms with Gasteiger partial charge in [-0.1, -0.05) is 12.1 Å². The molecule has 0 atom stereocenters. The number of carbonyl (C=O) groups is 1. The van der Waals surface area contributed by atoms with Gasteiger partial charge in [0.15, 0.2) is 0 Å². The fraction of sp³-hybridized carbons (Fsp3) is 0.263. The third kappa shape index (κ3) is 3.68. The van der Waals surface area contributed by atoms with Crippen LogP contribution in [0.25, 0.3) is 22.2 Å². The number of aryl methyl sites for hydroxylation is 2. The van der Waals surface area contributed by atoms with Gasteiger partial charge in [0.1, 0.15) is 0 Å². The van der Waals surface area contributed by atoms with Gasteiger partial charge >= 0.3 is 30.5 Å². The Kier molecular flexibility index (Phi) is 6.35. The Morgan fingerprint density at radius 3 is 2.57 bits per heavy atom. The summed E-state index contributed by atoms with van der Waals surface area (Å²) >= 11 is 0. The Hall–Kier alpha value is -3.00. The quantitative estimate of drug-likeness (QED) is 0.664. The zero-order valence-corrected chi connectivity index (χ0v) is 15.0. The third-order valence-corrected chi connectivity index (χ3v) is 4.57. The molecule has 28 heavy (non-hydrogen) atoms. The maximum atomic E-state index is 12.8. The first-order valence-electron chi connectivity index (χ1n) is 8.36. The Labute approximate surface area is 172 Å². The second-order valence-corrected chi connectivity index (χ2v) is 6.33. The van der Waals surface area contributed by atoms with Crippen molar-refractivity contribution in [2.45, 2.75) is 19.4 Å². The summed E-state index contributed by atoms with van der Waals surface area (Å²) < 4.78 is 4.22. The zero-order valence-electron chi connectivity index (χ0n) is 15.0. The number of aromatic nitrogens is 3. The van der Waals surface area contributed by atoms with E-state index in [-0.39, 0.29) is 25.3 Å². The number of nitrogens with zero attached hydrogens (tertiary/aromatic N) is 4. The predicted octanol–water partition coefficient (Wildman–Crippen LogP) is 0.794. The van der Waals surface area contributed by atoms with E-state index in [1.807, 2.05) is 0 Å². The molecule has 0 fully saturated rings. The minimum absolute atomic E-state index is 0. The number of hydrogen-bond acceptors (Lipinski definition) is 4. The van der Waals surface area contributed by atoms with Crippen molar-refractivity contribution in [3.8, 4) is 17.3 Å². The number of hydrogen-bond donors (Lipinski definition) is 1. The van der Waals surface area contributed by atoms with Crippen LogP contribution in [-0.4, -0.2) is 43.6 Å². The van der Waals surface area contributed by atoms with E-state index in [1.54, 1.807) is 42.1 Å². The fourth-order valence-corrected chi connectivity index (χ4v) is 3.21. The van der Waals surface area contributed by atoms with E-state index in [9.17, 15) is 19.6 Å². The van der Waals surface area contributed by atoms with E-state index in [2.05, 4.69) is 6.07 Å². The van der Waals surface area contributed by atoms with Gasteiger partial charge in [0, 0.05) is 38.8 Å². The van der Waals surface area contributed by atoms with Crippen LogP contribution in [0, 0.1) is 11.3 Å². The van der Waals surface area contributed by atoms with Gasteiger partial charge in [0.2, 0.25) is 0 Å². The van der Waals surface area contributed by atoms with Gasteiger partial charge in [0.05, 0.1) is 28.2 Å². The molecule has 0 aliphatic carbocycles. The molecule has 3 rings (SSSR count). The summed E-state index contributed by atoms with van der Waals surface area (Å²) in [5, 5.41) is 18.5. The van der Waals surface area contributed by atoms with Crippen molar-refractivity contribution in [1.82, 2.24) is 13.7 Å². The number of rotatable bonds is 5. The SMILES string of the molecule is Cn1c(=O)c2c(-c3cccc(C#N)c3)n(CCCC(=O)O)cc2n(C)c1=O.[LiH]. The summed E-state index contributed by atoms with van der Waals surface area (Å²) in [6.07, 6.45) is 2.05. The minimum atomic E-state index is -0.900. The molecule has 2 aromatic heterocycles. The summed E-state index contributed by atoms with van der Waals surface area (Å²) in [5.41, 5.74) is 1.28. The molecule has 9 heteroatoms. The summed E-state index contributed by atoms with van der Waals surface area (Å²) in [5.74, 6) is -0.900. The van der Waals surface area contributed by atoms with Crippen LogP contribution in [0.1, 0.15) is 18.4 Å². The predicted molar refractivity (Wildman–Crippen MR) is 107 cm³/mol. The van der Waals surface area contributed by atoms with Crippen LogP contribution in [0.5, 0.6) is 0 Å². The van der Waals surface area contributed by atoms with Crippen molar-refractivity contribution < 1.29 is 9.90 Å². The van der Waals surface area contributed by atoms with Crippen LogP contribution in [0.4, 0.5) is 0 Å². The van der Waals surface area contributed by atoms with Gasteiger partial charge in [-0.05, 0) is 18.6 Å². The summed E-state index contributed by atoms with van der Waals surface area (Å²) in [6.45, 7) is 0.366. The number of benzene rings is 1. The Bertz CT molecular complexity index is 1210. The fourth-order valence-electron chi connectivity index (χ4n) is 3.21. The van der Waals surface area contributed by atoms with Crippen molar-refractivity contribution in [3.05, 3.63) is 56.9 Å². The van der Waals surface area contributed by atoms with E-state index in [1.165, 1.54) is 11.6 Å². The summed E-state index contributed by atoms with van der Waals surface area (Å²) in [4.78, 5) is 35.9. The molecule has 8 nitrogen and oxygen atoms in total. The van der Waals surface area contributed by atoms with Gasteiger partial charge in [-0.25, -0.2) is 4.79 Å². The van der Waals surface area contributed by atoms with Gasteiger partial charge in [-0.2, -0.15) is 5.26 Å². The number of aliphatic carboxylic acids is 1. The Morgan fingerprint density at radius 2 is 1.93 bits per heavy atom. The zero-order chi connectivity index (χ0) is 19.7. The van der Waals surface area contributed by atoms with Gasteiger partial charge < -0.3 is 9.67 Å². The second kappa shape index (κ2) is 8.35. The number of carboxylic acids is 1. The average Bonchev–Trinajstić information content (AvgIpc) is 3.04. The second-order valence-electron chi connectivity index (χ2n) is 6.33. The third-order valence-electron chi connectivity index (χ3n) is 4.57. The number of nitriles is 1. The van der Waals surface area contributed by atoms with Crippen molar-refractivity contribution in [2.75, 3.05) is 0 Å². The summed E-state index contributed by atoms with van der Waals surface area (Å²) in [7, 11) is 3.00. The molecule has 0 aliphatic rings. The van der Waals surface area contributed by atoms with E-state index < -0.39 is 17.2 Å². The van der Waals surface area contributed by atoms with Crippen LogP contribution in [-0.2, 0) is 25.4 Å². The Balaban J connectivity index is 0.00000280. The molecule has 3 aromatic rings. The first-order chi connectivity index (χ1) is 12.8. The molecule has 2 heterocycles. The van der Waals surface area contributed by atoms with Crippen LogP contribution in [0.3, 0.4) is 0 Å². The topological polar surface area (TPSA) is 110 Å². The van der Waals surface area contributed by atoms with E-state index in [0.717, 1.165) is 4.57 Å². The molecule has 140 valence electrons. The molecular formula is C19H19LiN4O4. The molecule has 0 aliphatic heterocycles. The van der Waals surface area contributed by atoms with Crippen molar-refractivity contribution >= 4 is 35.7 Å². The first kappa shape index (κ1) is 21.3. The van der Waals surface area contributed by atoms with Crippen molar-refractivity contribution in [2.24, 2.45) is 14.1 Å². The molecule has 0 radical (unpaired) electrons. The van der Waals surface area contributed by atoms with Gasteiger partial charge in [0.25, 0.3) is 5.56 Å². The standard InChI is InChI=1S/C19H18N4O4.Li.H/c1-21-14-11-23(8-4-7-15(24)25)17(13-6-3-5-12(9-13)10-20)16(14)18(26)22(2)19(21)27;;/h3,5-6,9,11H,4,7-8H2,1-2H3,(H,24,25);;. The maximum absolute atomic E-state index is 12.8. The summed E-state index contributed by atoms with van der Waals surface area (Å²) in [6, 6.07) is 8.92. The molecule has 0 saturated carbocycles. The molecule has 1 aromatic carbocycles. The molecule has 0 bridgehead atoms. The molecular weight excluding hydrogens is 355 g/mol. The number of carboxylic acid groups (broad SMARTS) is 1. The molecule has 1 N–H and O–H groups in total. The van der Waals surface area contributed by atoms with E-state index in [4.69, 9.17) is 5.11 Å². The van der Waals surface area contributed by atoms with Crippen LogP contribution in [0.15, 0.2) is 40.1 Å². The monoisotopic (exact) mass is 374 g/mol. The number of fused-ring (bicyclic) bond motifs is 1. The van der Waals surface area contributed by atoms with Crippen molar-refractivity contribution in [3.63, 3.8) is 0 Å². The Morgan fingerprint density at radius 1 is 1.21 bits per heavy atom. The molecule has 0 saturated heterocycles. The van der Waals surface area contributed by atoms with Crippen LogP contribution >= 0.6 is 0 Å². The van der Waals surface area contributed by atoms with E-state index >= 15 is 0 Å². The van der Waals surface area contributed by atoms with Gasteiger partial charge in [-0.3, -0.25) is 18.7 Å². The molecule has 0 spiro atoms. The normalized spacial score (nSPS) is 10.5. The van der Waals surface area contributed by atoms with Crippen LogP contribution in [0.2, 0.25) is 0 Å². The average molecular weight is 374 g/mol. The van der Waals surface area contributed by atoms with Gasteiger partial charge in [-0.15, -0.1) is 0 Å². The molecule has 0 amide bonds. The molecule has 0 unspecified atom stereocenters. The van der Waals surface area contributed by atoms with E-state index in [0.29, 0.717) is 40.7 Å². The van der Waals surface area contributed by atoms with Crippen LogP contribution < -0.4 is 11.2 Å². The first-order valence-corrected chi connectivity index (χ1v) is 8.36.